The van der Waals surface area contributed by atoms with Crippen molar-refractivity contribution in [3.05, 3.63) is 65.5 Å². The van der Waals surface area contributed by atoms with E-state index in [1.54, 1.807) is 6.20 Å². The van der Waals surface area contributed by atoms with Gasteiger partial charge >= 0.3 is 0 Å². The van der Waals surface area contributed by atoms with Crippen molar-refractivity contribution in [1.82, 2.24) is 14.8 Å². The minimum absolute atomic E-state index is 0.102. The average Bonchev–Trinajstić information content (AvgIpc) is 2.78. The van der Waals surface area contributed by atoms with E-state index in [0.717, 1.165) is 70.7 Å². The van der Waals surface area contributed by atoms with Gasteiger partial charge < -0.3 is 4.74 Å². The fourth-order valence-electron chi connectivity index (χ4n) is 5.40. The maximum Gasteiger partial charge on any atom is 0.101 e. The Bertz CT molecular complexity index is 899. The smallest absolute Gasteiger partial charge is 0.101 e. The first-order valence-electron chi connectivity index (χ1n) is 11.5. The van der Waals surface area contributed by atoms with Crippen LogP contribution < -0.4 is 0 Å². The van der Waals surface area contributed by atoms with Crippen molar-refractivity contribution in [2.75, 3.05) is 32.8 Å². The van der Waals surface area contributed by atoms with Crippen molar-refractivity contribution >= 4 is 0 Å². The van der Waals surface area contributed by atoms with Gasteiger partial charge in [0.25, 0.3) is 0 Å². The highest BCUT2D eigenvalue weighted by Crippen LogP contribution is 2.40. The van der Waals surface area contributed by atoms with E-state index in [1.165, 1.54) is 5.56 Å². The topological polar surface area (TPSA) is 52.4 Å². The summed E-state index contributed by atoms with van der Waals surface area (Å²) in [4.78, 5) is 9.81. The summed E-state index contributed by atoms with van der Waals surface area (Å²) in [5.74, 6) is 0. The van der Waals surface area contributed by atoms with Gasteiger partial charge in [0.2, 0.25) is 0 Å². The van der Waals surface area contributed by atoms with Crippen LogP contribution in [0.2, 0.25) is 0 Å². The van der Waals surface area contributed by atoms with Crippen LogP contribution in [-0.2, 0) is 17.7 Å². The summed E-state index contributed by atoms with van der Waals surface area (Å²) >= 11 is 0. The minimum atomic E-state index is -0.123. The summed E-state index contributed by atoms with van der Waals surface area (Å²) in [6, 6.07) is 16.8. The zero-order chi connectivity index (χ0) is 21.7. The summed E-state index contributed by atoms with van der Waals surface area (Å²) in [6.45, 7) is 10.6. The van der Waals surface area contributed by atoms with Crippen LogP contribution in [0.1, 0.15) is 49.9 Å². The molecule has 0 bridgehead atoms. The molecule has 0 saturated carbocycles. The summed E-state index contributed by atoms with van der Waals surface area (Å²) in [7, 11) is 0. The first-order valence-corrected chi connectivity index (χ1v) is 11.5. The van der Waals surface area contributed by atoms with Crippen molar-refractivity contribution in [2.24, 2.45) is 0 Å². The third-order valence-corrected chi connectivity index (χ3v) is 6.94. The van der Waals surface area contributed by atoms with Crippen LogP contribution in [0.5, 0.6) is 0 Å². The second-order valence-corrected chi connectivity index (χ2v) is 9.62. The van der Waals surface area contributed by atoms with E-state index >= 15 is 0 Å². The Morgan fingerprint density at radius 1 is 1.06 bits per heavy atom. The molecule has 1 atom stereocenters. The van der Waals surface area contributed by atoms with Gasteiger partial charge in [-0.2, -0.15) is 5.26 Å². The van der Waals surface area contributed by atoms with E-state index in [1.807, 2.05) is 12.1 Å². The molecule has 1 aromatic heterocycles. The molecule has 0 spiro atoms. The highest BCUT2D eigenvalue weighted by Gasteiger charge is 2.45. The molecular weight excluding hydrogens is 384 g/mol. The maximum atomic E-state index is 9.48. The van der Waals surface area contributed by atoms with E-state index in [0.29, 0.717) is 5.56 Å². The van der Waals surface area contributed by atoms with Gasteiger partial charge in [-0.05, 0) is 57.2 Å². The molecular formula is C26H34N4O. The number of rotatable bonds is 6. The van der Waals surface area contributed by atoms with E-state index in [9.17, 15) is 5.26 Å². The fourth-order valence-corrected chi connectivity index (χ4v) is 5.40. The highest BCUT2D eigenvalue weighted by atomic mass is 16.5. The molecule has 3 heterocycles. The van der Waals surface area contributed by atoms with Crippen LogP contribution >= 0.6 is 0 Å². The standard InChI is InChI=1S/C26H34N4O/c1-25(2)21-26(12-18-31-25,11-10-24-23(19-27)9-6-13-28-24)30-16-14-29(15-17-30)20-22-7-4-3-5-8-22/h3-9,13H,10-12,14-18,20-21H2,1-2H3. The zero-order valence-electron chi connectivity index (χ0n) is 18.9. The number of aryl methyl sites for hydroxylation is 1. The summed E-state index contributed by atoms with van der Waals surface area (Å²) in [5, 5.41) is 9.48. The Morgan fingerprint density at radius 2 is 1.84 bits per heavy atom. The number of pyridine rings is 1. The number of hydrogen-bond acceptors (Lipinski definition) is 5. The van der Waals surface area contributed by atoms with Crippen LogP contribution in [0.25, 0.3) is 0 Å². The lowest BCUT2D eigenvalue weighted by Crippen LogP contribution is -2.61. The normalized spacial score (nSPS) is 24.5. The van der Waals surface area contributed by atoms with Crippen LogP contribution in [-0.4, -0.2) is 58.7 Å². The zero-order valence-corrected chi connectivity index (χ0v) is 18.9. The number of nitriles is 1. The number of hydrogen-bond donors (Lipinski definition) is 0. The molecule has 2 aliphatic rings. The molecule has 2 fully saturated rings. The third-order valence-electron chi connectivity index (χ3n) is 6.94. The van der Waals surface area contributed by atoms with Gasteiger partial charge in [0.1, 0.15) is 6.07 Å². The first-order chi connectivity index (χ1) is 15.0. The number of nitrogens with zero attached hydrogens (tertiary/aromatic N) is 4. The molecule has 1 unspecified atom stereocenters. The van der Waals surface area contributed by atoms with Gasteiger partial charge in [-0.15, -0.1) is 0 Å². The molecule has 2 aromatic rings. The number of ether oxygens (including phenoxy) is 1. The second-order valence-electron chi connectivity index (χ2n) is 9.62. The largest absolute Gasteiger partial charge is 0.375 e. The monoisotopic (exact) mass is 418 g/mol. The Balaban J connectivity index is 1.46. The predicted octanol–water partition coefficient (Wildman–Crippen LogP) is 4.03. The van der Waals surface area contributed by atoms with Gasteiger partial charge in [0, 0.05) is 51.1 Å². The lowest BCUT2D eigenvalue weighted by atomic mass is 9.76. The molecule has 4 rings (SSSR count). The van der Waals surface area contributed by atoms with E-state index < -0.39 is 0 Å². The Kier molecular flexibility index (Phi) is 6.71. The predicted molar refractivity (Wildman–Crippen MR) is 123 cm³/mol. The summed E-state index contributed by atoms with van der Waals surface area (Å²) < 4.78 is 6.10. The molecule has 31 heavy (non-hydrogen) atoms. The Morgan fingerprint density at radius 3 is 2.55 bits per heavy atom. The Hall–Kier alpha value is -2.26. The molecule has 0 aliphatic carbocycles. The van der Waals surface area contributed by atoms with E-state index in [4.69, 9.17) is 4.74 Å². The van der Waals surface area contributed by atoms with E-state index in [2.05, 4.69) is 65.0 Å². The van der Waals surface area contributed by atoms with Crippen molar-refractivity contribution in [2.45, 2.75) is 57.2 Å². The molecule has 5 heteroatoms. The molecule has 2 aliphatic heterocycles. The number of benzene rings is 1. The number of aromatic nitrogens is 1. The van der Waals surface area contributed by atoms with Crippen molar-refractivity contribution in [3.8, 4) is 6.07 Å². The molecule has 1 aromatic carbocycles. The van der Waals surface area contributed by atoms with Gasteiger partial charge in [-0.3, -0.25) is 14.8 Å². The lowest BCUT2D eigenvalue weighted by molar-refractivity contribution is -0.130. The molecule has 0 radical (unpaired) electrons. The average molecular weight is 419 g/mol. The van der Waals surface area contributed by atoms with Crippen molar-refractivity contribution in [3.63, 3.8) is 0 Å². The number of piperazine rings is 1. The SMILES string of the molecule is CC1(C)CC(CCc2ncccc2C#N)(N2CCN(Cc3ccccc3)CC2)CCO1. The van der Waals surface area contributed by atoms with Gasteiger partial charge in [-0.25, -0.2) is 0 Å². The van der Waals surface area contributed by atoms with Gasteiger partial charge in [0.05, 0.1) is 16.9 Å². The maximum absolute atomic E-state index is 9.48. The Labute approximate surface area is 186 Å². The quantitative estimate of drug-likeness (QED) is 0.709. The van der Waals surface area contributed by atoms with E-state index in [-0.39, 0.29) is 11.1 Å². The van der Waals surface area contributed by atoms with Crippen LogP contribution in [0.15, 0.2) is 48.7 Å². The fraction of sp³-hybridized carbons (Fsp3) is 0.538. The van der Waals surface area contributed by atoms with Gasteiger partial charge in [0.15, 0.2) is 0 Å². The minimum Gasteiger partial charge on any atom is -0.375 e. The first kappa shape index (κ1) is 22.0. The van der Waals surface area contributed by atoms with Crippen molar-refractivity contribution in [1.29, 1.82) is 5.26 Å². The lowest BCUT2D eigenvalue weighted by Gasteiger charge is -2.53. The second kappa shape index (κ2) is 9.48. The molecule has 2 saturated heterocycles. The molecule has 5 nitrogen and oxygen atoms in total. The van der Waals surface area contributed by atoms with Crippen LogP contribution in [0, 0.1) is 11.3 Å². The summed E-state index contributed by atoms with van der Waals surface area (Å²) in [5.41, 5.74) is 3.00. The van der Waals surface area contributed by atoms with Gasteiger partial charge in [-0.1, -0.05) is 30.3 Å². The highest BCUT2D eigenvalue weighted by molar-refractivity contribution is 5.32. The third kappa shape index (κ3) is 5.33. The summed E-state index contributed by atoms with van der Waals surface area (Å²) in [6.07, 6.45) is 5.73. The molecule has 164 valence electrons. The van der Waals surface area contributed by atoms with Crippen LogP contribution in [0.3, 0.4) is 0 Å². The van der Waals surface area contributed by atoms with Crippen molar-refractivity contribution < 1.29 is 4.74 Å². The molecule has 0 N–H and O–H groups in total. The van der Waals surface area contributed by atoms with Crippen LogP contribution in [0.4, 0.5) is 0 Å². The molecule has 0 amide bonds.